The van der Waals surface area contributed by atoms with Crippen LogP contribution in [0.2, 0.25) is 0 Å². The van der Waals surface area contributed by atoms with Gasteiger partial charge in [0, 0.05) is 0 Å². The fourth-order valence-electron chi connectivity index (χ4n) is 2.89. The smallest absolute Gasteiger partial charge is 0.435 e. The number of amides is 1. The van der Waals surface area contributed by atoms with Crippen molar-refractivity contribution in [2.24, 2.45) is 0 Å². The predicted molar refractivity (Wildman–Crippen MR) is 108 cm³/mol. The monoisotopic (exact) mass is 454 g/mol. The fraction of sp³-hybridized carbons (Fsp3) is 0.238. The Balaban J connectivity index is 1.98. The molecule has 10 heteroatoms. The molecular weight excluding hydrogens is 436 g/mol. The number of carbonyl (C=O) groups excluding carboxylic acids is 1. The highest BCUT2D eigenvalue weighted by Gasteiger charge is 2.40. The maximum Gasteiger partial charge on any atom is 0.435 e. The maximum atomic E-state index is 13.7. The van der Waals surface area contributed by atoms with Crippen molar-refractivity contribution in [2.45, 2.75) is 19.1 Å². The van der Waals surface area contributed by atoms with Crippen LogP contribution in [0.5, 0.6) is 11.5 Å². The van der Waals surface area contributed by atoms with Gasteiger partial charge in [-0.25, -0.2) is 9.37 Å². The first-order valence-electron chi connectivity index (χ1n) is 9.00. The third kappa shape index (κ3) is 4.96. The van der Waals surface area contributed by atoms with Gasteiger partial charge in [0.25, 0.3) is 5.91 Å². The third-order valence-corrected chi connectivity index (χ3v) is 5.52. The van der Waals surface area contributed by atoms with Gasteiger partial charge < -0.3 is 14.8 Å². The maximum absolute atomic E-state index is 13.7. The van der Waals surface area contributed by atoms with Crippen LogP contribution in [0.3, 0.4) is 0 Å². The molecule has 1 N–H and O–H groups in total. The molecule has 0 saturated carbocycles. The Morgan fingerprint density at radius 1 is 1.13 bits per heavy atom. The van der Waals surface area contributed by atoms with Crippen molar-refractivity contribution in [2.75, 3.05) is 14.2 Å². The van der Waals surface area contributed by atoms with E-state index in [9.17, 15) is 22.4 Å². The highest BCUT2D eigenvalue weighted by atomic mass is 32.1. The van der Waals surface area contributed by atoms with Crippen molar-refractivity contribution < 1.29 is 31.8 Å². The van der Waals surface area contributed by atoms with E-state index in [1.165, 1.54) is 20.3 Å². The summed E-state index contributed by atoms with van der Waals surface area (Å²) in [6.07, 6.45) is -4.87. The van der Waals surface area contributed by atoms with E-state index in [4.69, 9.17) is 9.47 Å². The molecule has 0 bridgehead atoms. The van der Waals surface area contributed by atoms with Gasteiger partial charge in [-0.3, -0.25) is 4.79 Å². The molecule has 0 radical (unpaired) electrons. The molecule has 0 aliphatic rings. The number of methoxy groups -OCH3 is 2. The number of nitrogens with one attached hydrogen (secondary N) is 1. The van der Waals surface area contributed by atoms with Gasteiger partial charge in [-0.15, -0.1) is 11.3 Å². The molecule has 1 amide bonds. The third-order valence-electron chi connectivity index (χ3n) is 4.44. The van der Waals surface area contributed by atoms with Gasteiger partial charge in [-0.2, -0.15) is 13.2 Å². The molecule has 1 aromatic heterocycles. The number of rotatable bonds is 6. The Labute approximate surface area is 179 Å². The van der Waals surface area contributed by atoms with Gasteiger partial charge in [0.1, 0.15) is 27.2 Å². The highest BCUT2D eigenvalue weighted by Crippen LogP contribution is 2.40. The number of halogens is 4. The summed E-state index contributed by atoms with van der Waals surface area (Å²) >= 11 is 0.516. The minimum atomic E-state index is -4.87. The van der Waals surface area contributed by atoms with Crippen molar-refractivity contribution in [3.05, 3.63) is 64.4 Å². The van der Waals surface area contributed by atoms with Crippen LogP contribution in [0.25, 0.3) is 10.6 Å². The van der Waals surface area contributed by atoms with Gasteiger partial charge in [0.2, 0.25) is 0 Å². The normalized spacial score (nSPS) is 12.4. The van der Waals surface area contributed by atoms with Gasteiger partial charge in [-0.05, 0) is 42.8 Å². The van der Waals surface area contributed by atoms with Crippen molar-refractivity contribution in [1.82, 2.24) is 10.3 Å². The molecule has 1 atom stereocenters. The summed E-state index contributed by atoms with van der Waals surface area (Å²) in [5, 5.41) is 2.37. The minimum absolute atomic E-state index is 0.0258. The molecule has 164 valence electrons. The van der Waals surface area contributed by atoms with Gasteiger partial charge in [0.05, 0.1) is 25.8 Å². The topological polar surface area (TPSA) is 60.5 Å². The van der Waals surface area contributed by atoms with Crippen LogP contribution in [0.1, 0.15) is 33.9 Å². The molecule has 2 aromatic carbocycles. The van der Waals surface area contributed by atoms with E-state index in [0.717, 1.165) is 12.1 Å². The van der Waals surface area contributed by atoms with E-state index in [1.807, 2.05) is 0 Å². The van der Waals surface area contributed by atoms with Gasteiger partial charge in [-0.1, -0.05) is 12.1 Å². The van der Waals surface area contributed by atoms with Crippen molar-refractivity contribution in [1.29, 1.82) is 0 Å². The Bertz CT molecular complexity index is 1100. The van der Waals surface area contributed by atoms with Crippen molar-refractivity contribution in [3.63, 3.8) is 0 Å². The lowest BCUT2D eigenvalue weighted by atomic mass is 10.1. The zero-order valence-corrected chi connectivity index (χ0v) is 17.5. The minimum Gasteiger partial charge on any atom is -0.497 e. The van der Waals surface area contributed by atoms with Crippen LogP contribution in [0.15, 0.2) is 42.5 Å². The summed E-state index contributed by atoms with van der Waals surface area (Å²) in [7, 11) is 2.79. The number of ether oxygens (including phenoxy) is 2. The molecular formula is C21H18F4N2O3S. The molecule has 0 fully saturated rings. The molecule has 31 heavy (non-hydrogen) atoms. The summed E-state index contributed by atoms with van der Waals surface area (Å²) in [5.74, 6) is -0.924. The van der Waals surface area contributed by atoms with Crippen LogP contribution in [-0.4, -0.2) is 25.1 Å². The quantitative estimate of drug-likeness (QED) is 0.502. The van der Waals surface area contributed by atoms with Crippen LogP contribution < -0.4 is 14.8 Å². The zero-order valence-electron chi connectivity index (χ0n) is 16.7. The number of hydrogen-bond donors (Lipinski definition) is 1. The van der Waals surface area contributed by atoms with Crippen LogP contribution in [-0.2, 0) is 6.18 Å². The summed E-state index contributed by atoms with van der Waals surface area (Å²) in [6, 6.07) is 9.62. The van der Waals surface area contributed by atoms with E-state index in [2.05, 4.69) is 10.3 Å². The molecule has 0 aliphatic carbocycles. The first-order valence-corrected chi connectivity index (χ1v) is 9.82. The number of nitrogens with zero attached hydrogens (tertiary/aromatic N) is 1. The van der Waals surface area contributed by atoms with Crippen molar-refractivity contribution >= 4 is 17.2 Å². The van der Waals surface area contributed by atoms with Crippen LogP contribution >= 0.6 is 11.3 Å². The Hall–Kier alpha value is -3.14. The molecule has 3 aromatic rings. The second kappa shape index (κ2) is 8.93. The Morgan fingerprint density at radius 2 is 1.87 bits per heavy atom. The lowest BCUT2D eigenvalue weighted by molar-refractivity contribution is -0.141. The van der Waals surface area contributed by atoms with Crippen molar-refractivity contribution in [3.8, 4) is 22.1 Å². The van der Waals surface area contributed by atoms with E-state index < -0.39 is 34.5 Å². The Morgan fingerprint density at radius 3 is 2.52 bits per heavy atom. The lowest BCUT2D eigenvalue weighted by Gasteiger charge is -2.15. The van der Waals surface area contributed by atoms with E-state index in [-0.39, 0.29) is 16.3 Å². The molecule has 0 saturated heterocycles. The average Bonchev–Trinajstić information content (AvgIpc) is 3.20. The molecule has 0 unspecified atom stereocenters. The predicted octanol–water partition coefficient (Wildman–Crippen LogP) is 5.48. The summed E-state index contributed by atoms with van der Waals surface area (Å²) in [5.41, 5.74) is -0.662. The zero-order chi connectivity index (χ0) is 22.8. The average molecular weight is 454 g/mol. The van der Waals surface area contributed by atoms with E-state index in [0.29, 0.717) is 22.6 Å². The molecule has 1 heterocycles. The second-order valence-corrected chi connectivity index (χ2v) is 7.51. The summed E-state index contributed by atoms with van der Waals surface area (Å²) in [6.45, 7) is 1.64. The number of aromatic nitrogens is 1. The van der Waals surface area contributed by atoms with Crippen LogP contribution in [0, 0.1) is 5.82 Å². The summed E-state index contributed by atoms with van der Waals surface area (Å²) < 4.78 is 64.7. The van der Waals surface area contributed by atoms with Gasteiger partial charge >= 0.3 is 6.18 Å². The van der Waals surface area contributed by atoms with E-state index >= 15 is 0 Å². The number of thiazole rings is 1. The first kappa shape index (κ1) is 22.5. The number of hydrogen-bond acceptors (Lipinski definition) is 5. The largest absolute Gasteiger partial charge is 0.497 e. The highest BCUT2D eigenvalue weighted by molar-refractivity contribution is 7.17. The Kier molecular flexibility index (Phi) is 6.49. The number of benzene rings is 2. The molecule has 0 spiro atoms. The first-order chi connectivity index (χ1) is 14.6. The fourth-order valence-corrected chi connectivity index (χ4v) is 3.89. The van der Waals surface area contributed by atoms with E-state index in [1.54, 1.807) is 31.2 Å². The van der Waals surface area contributed by atoms with Gasteiger partial charge in [0.15, 0.2) is 5.69 Å². The standard InChI is InChI=1S/C21H18F4N2O3S/c1-11(12-5-4-6-14(9-12)29-2)26-19(28)17-18(21(23,24)25)27-20(31-17)15-10-13(22)7-8-16(15)30-3/h4-11H,1-3H3,(H,26,28)/t11-/m0/s1. The number of carbonyl (C=O) groups is 1. The number of alkyl halides is 3. The second-order valence-electron chi connectivity index (χ2n) is 6.51. The SMILES string of the molecule is COc1cccc([C@H](C)NC(=O)c2sc(-c3cc(F)ccc3OC)nc2C(F)(F)F)c1. The summed E-state index contributed by atoms with van der Waals surface area (Å²) in [4.78, 5) is 15.7. The lowest BCUT2D eigenvalue weighted by Crippen LogP contribution is -2.28. The molecule has 5 nitrogen and oxygen atoms in total. The molecule has 3 rings (SSSR count). The van der Waals surface area contributed by atoms with Crippen LogP contribution in [0.4, 0.5) is 17.6 Å². The molecule has 0 aliphatic heterocycles.